The van der Waals surface area contributed by atoms with Gasteiger partial charge in [-0.2, -0.15) is 0 Å². The molecule has 4 heteroatoms. The first-order valence-electron chi connectivity index (χ1n) is 2.89. The Bertz CT molecular complexity index is 54.9. The monoisotopic (exact) mass is 200 g/mol. The molecule has 0 aromatic carbocycles. The van der Waals surface area contributed by atoms with Crippen molar-refractivity contribution in [2.75, 3.05) is 5.75 Å². The normalized spacial score (nSPS) is 10.7. The summed E-state index contributed by atoms with van der Waals surface area (Å²) in [4.78, 5) is 0. The Hall–Kier alpha value is 1.40. The minimum absolute atomic E-state index is 0.750. The van der Waals surface area contributed by atoms with Crippen molar-refractivity contribution >= 4 is 41.2 Å². The zero-order valence-electron chi connectivity index (χ0n) is 5.92. The van der Waals surface area contributed by atoms with Crippen LogP contribution in [0, 0.1) is 0 Å². The summed E-state index contributed by atoms with van der Waals surface area (Å²) in [6, 6.07) is 0. The van der Waals surface area contributed by atoms with Gasteiger partial charge in [-0.3, -0.25) is 0 Å². The van der Waals surface area contributed by atoms with Crippen LogP contribution in [-0.4, -0.2) is 11.0 Å². The second-order valence-electron chi connectivity index (χ2n) is 1.69. The van der Waals surface area contributed by atoms with Crippen LogP contribution in [0.2, 0.25) is 0 Å². The molecule has 0 fully saturated rings. The van der Waals surface area contributed by atoms with Crippen LogP contribution in [0.25, 0.3) is 0 Å². The van der Waals surface area contributed by atoms with E-state index in [0.29, 0.717) is 0 Å². The molecule has 0 nitrogen and oxygen atoms in total. The van der Waals surface area contributed by atoms with Crippen molar-refractivity contribution in [3.05, 3.63) is 0 Å². The number of hydrogen-bond donors (Lipinski definition) is 0. The second-order valence-corrected chi connectivity index (χ2v) is 8.46. The summed E-state index contributed by atoms with van der Waals surface area (Å²) >= 11 is 0. The van der Waals surface area contributed by atoms with Crippen LogP contribution < -0.4 is 0 Å². The smallest absolute Gasteiger partial charge is 0.0103 e. The molecule has 0 unspecified atom stereocenters. The quantitative estimate of drug-likeness (QED) is 0.484. The topological polar surface area (TPSA) is 0 Å². The standard InChI is InChI=1S/C5H12S4/c1-4-6-8-9-7-5(2)3/h5H,4H2,1-3H3. The molecule has 0 saturated heterocycles. The van der Waals surface area contributed by atoms with E-state index in [9.17, 15) is 0 Å². The molecule has 0 aromatic rings. The highest BCUT2D eigenvalue weighted by molar-refractivity contribution is 9.26. The van der Waals surface area contributed by atoms with Gasteiger partial charge in [-0.15, -0.1) is 0 Å². The zero-order valence-corrected chi connectivity index (χ0v) is 9.18. The predicted octanol–water partition coefficient (Wildman–Crippen LogP) is 4.09. The fourth-order valence-corrected chi connectivity index (χ4v) is 6.31. The van der Waals surface area contributed by atoms with Gasteiger partial charge in [-0.05, 0) is 19.7 Å². The van der Waals surface area contributed by atoms with Gasteiger partial charge in [0.05, 0.1) is 0 Å². The molecule has 9 heavy (non-hydrogen) atoms. The van der Waals surface area contributed by atoms with Crippen LogP contribution >= 0.6 is 41.2 Å². The molecular weight excluding hydrogens is 188 g/mol. The average molecular weight is 200 g/mol. The summed E-state index contributed by atoms with van der Waals surface area (Å²) in [5, 5.41) is 0.750. The van der Waals surface area contributed by atoms with Gasteiger partial charge in [-0.1, -0.05) is 42.4 Å². The molecule has 56 valence electrons. The molecule has 0 amide bonds. The van der Waals surface area contributed by atoms with Crippen molar-refractivity contribution in [1.29, 1.82) is 0 Å². The molecule has 0 radical (unpaired) electrons. The molecule has 0 aromatic heterocycles. The maximum absolute atomic E-state index is 2.22. The van der Waals surface area contributed by atoms with Crippen LogP contribution in [0.1, 0.15) is 20.8 Å². The van der Waals surface area contributed by atoms with Crippen molar-refractivity contribution in [3.63, 3.8) is 0 Å². The molecule has 0 saturated carbocycles. The maximum Gasteiger partial charge on any atom is 0.0103 e. The zero-order chi connectivity index (χ0) is 7.11. The van der Waals surface area contributed by atoms with E-state index in [1.165, 1.54) is 5.75 Å². The Morgan fingerprint density at radius 2 is 1.89 bits per heavy atom. The van der Waals surface area contributed by atoms with Gasteiger partial charge in [0.2, 0.25) is 0 Å². The van der Waals surface area contributed by atoms with E-state index in [1.54, 1.807) is 0 Å². The third-order valence-electron chi connectivity index (χ3n) is 0.425. The lowest BCUT2D eigenvalue weighted by Crippen LogP contribution is -1.78. The Labute approximate surface area is 72.9 Å². The summed E-state index contributed by atoms with van der Waals surface area (Å²) < 4.78 is 0. The van der Waals surface area contributed by atoms with Gasteiger partial charge >= 0.3 is 0 Å². The third kappa shape index (κ3) is 9.40. The molecule has 0 heterocycles. The van der Waals surface area contributed by atoms with Crippen LogP contribution in [0.3, 0.4) is 0 Å². The molecule has 0 N–H and O–H groups in total. The third-order valence-corrected chi connectivity index (χ3v) is 7.40. The summed E-state index contributed by atoms with van der Waals surface area (Å²) in [5.74, 6) is 1.20. The van der Waals surface area contributed by atoms with Gasteiger partial charge < -0.3 is 0 Å². The fourth-order valence-electron chi connectivity index (χ4n) is 0.162. The highest BCUT2D eigenvalue weighted by Gasteiger charge is 1.94. The van der Waals surface area contributed by atoms with E-state index in [4.69, 9.17) is 0 Å². The molecule has 0 bridgehead atoms. The van der Waals surface area contributed by atoms with Gasteiger partial charge in [0, 0.05) is 11.0 Å². The molecule has 0 aliphatic carbocycles. The molecule has 0 spiro atoms. The van der Waals surface area contributed by atoms with Crippen molar-refractivity contribution < 1.29 is 0 Å². The van der Waals surface area contributed by atoms with Crippen LogP contribution in [0.15, 0.2) is 0 Å². The minimum Gasteiger partial charge on any atom is -0.0820 e. The molecular formula is C5H12S4. The van der Waals surface area contributed by atoms with E-state index in [0.717, 1.165) is 5.25 Å². The van der Waals surface area contributed by atoms with Crippen molar-refractivity contribution in [2.45, 2.75) is 26.0 Å². The first kappa shape index (κ1) is 10.4. The second kappa shape index (κ2) is 7.51. The SMILES string of the molecule is CCSSSSC(C)C. The predicted molar refractivity (Wildman–Crippen MR) is 56.0 cm³/mol. The Kier molecular flexibility index (Phi) is 8.67. The van der Waals surface area contributed by atoms with E-state index >= 15 is 0 Å². The number of rotatable bonds is 5. The highest BCUT2D eigenvalue weighted by atomic mass is 33.7. The van der Waals surface area contributed by atoms with Crippen LogP contribution in [0.5, 0.6) is 0 Å². The summed E-state index contributed by atoms with van der Waals surface area (Å²) in [5.41, 5.74) is 0. The van der Waals surface area contributed by atoms with E-state index in [1.807, 2.05) is 41.2 Å². The molecule has 0 aliphatic rings. The van der Waals surface area contributed by atoms with Crippen molar-refractivity contribution in [3.8, 4) is 0 Å². The van der Waals surface area contributed by atoms with Crippen molar-refractivity contribution in [1.82, 2.24) is 0 Å². The lowest BCUT2D eigenvalue weighted by Gasteiger charge is -1.99. The van der Waals surface area contributed by atoms with E-state index in [-0.39, 0.29) is 0 Å². The Balaban J connectivity index is 2.75. The van der Waals surface area contributed by atoms with Gasteiger partial charge in [0.1, 0.15) is 0 Å². The molecule has 0 rings (SSSR count). The Morgan fingerprint density at radius 1 is 1.22 bits per heavy atom. The van der Waals surface area contributed by atoms with E-state index < -0.39 is 0 Å². The first-order valence-corrected chi connectivity index (χ1v) is 7.93. The van der Waals surface area contributed by atoms with E-state index in [2.05, 4.69) is 20.8 Å². The lowest BCUT2D eigenvalue weighted by molar-refractivity contribution is 1.12. The summed E-state index contributed by atoms with van der Waals surface area (Å²) in [6.07, 6.45) is 0. The number of hydrogen-bond acceptors (Lipinski definition) is 4. The molecule has 0 atom stereocenters. The van der Waals surface area contributed by atoms with Gasteiger partial charge in [-0.25, -0.2) is 0 Å². The maximum atomic E-state index is 2.22. The van der Waals surface area contributed by atoms with Crippen LogP contribution in [0.4, 0.5) is 0 Å². The van der Waals surface area contributed by atoms with Gasteiger partial charge in [0.15, 0.2) is 0 Å². The summed E-state index contributed by atoms with van der Waals surface area (Å²) in [7, 11) is 7.60. The highest BCUT2D eigenvalue weighted by Crippen LogP contribution is 2.44. The Morgan fingerprint density at radius 3 is 2.33 bits per heavy atom. The van der Waals surface area contributed by atoms with Gasteiger partial charge in [0.25, 0.3) is 0 Å². The largest absolute Gasteiger partial charge is 0.0820 e. The summed E-state index contributed by atoms with van der Waals surface area (Å²) in [6.45, 7) is 6.61. The van der Waals surface area contributed by atoms with Crippen molar-refractivity contribution in [2.24, 2.45) is 0 Å². The average Bonchev–Trinajstić information content (AvgIpc) is 1.80. The first-order chi connectivity index (χ1) is 4.27. The fraction of sp³-hybridized carbons (Fsp3) is 1.00. The lowest BCUT2D eigenvalue weighted by atomic mass is 10.6. The molecule has 0 aliphatic heterocycles. The van der Waals surface area contributed by atoms with Crippen LogP contribution in [-0.2, 0) is 0 Å². The minimum atomic E-state index is 0.750.